The van der Waals surface area contributed by atoms with Gasteiger partial charge in [0.05, 0.1) is 0 Å². The van der Waals surface area contributed by atoms with Crippen LogP contribution in [-0.4, -0.2) is 37.1 Å². The van der Waals surface area contributed by atoms with Crippen molar-refractivity contribution in [3.63, 3.8) is 0 Å². The highest BCUT2D eigenvalue weighted by atomic mass is 15.2. The van der Waals surface area contributed by atoms with E-state index in [-0.39, 0.29) is 0 Å². The van der Waals surface area contributed by atoms with Crippen LogP contribution < -0.4 is 5.32 Å². The van der Waals surface area contributed by atoms with Gasteiger partial charge >= 0.3 is 0 Å². The molecule has 0 amide bonds. The SMILES string of the molecule is CC1CCN(CC2(C(C)C)CC2)CCN1. The molecule has 0 aromatic carbocycles. The fourth-order valence-electron chi connectivity index (χ4n) is 2.74. The van der Waals surface area contributed by atoms with Crippen molar-refractivity contribution < 1.29 is 0 Å². The second kappa shape index (κ2) is 4.42. The molecule has 0 radical (unpaired) electrons. The van der Waals surface area contributed by atoms with Gasteiger partial charge in [-0.05, 0) is 44.1 Å². The molecule has 2 fully saturated rings. The molecule has 2 aliphatic rings. The van der Waals surface area contributed by atoms with Crippen molar-refractivity contribution in [1.29, 1.82) is 0 Å². The standard InChI is InChI=1S/C13H26N2/c1-11(2)13(5-6-13)10-15-8-4-12(3)14-7-9-15/h11-12,14H,4-10H2,1-3H3. The molecule has 1 saturated carbocycles. The van der Waals surface area contributed by atoms with E-state index in [2.05, 4.69) is 31.0 Å². The van der Waals surface area contributed by atoms with E-state index in [0.29, 0.717) is 11.5 Å². The van der Waals surface area contributed by atoms with Crippen LogP contribution >= 0.6 is 0 Å². The van der Waals surface area contributed by atoms with Crippen LogP contribution in [0.15, 0.2) is 0 Å². The Hall–Kier alpha value is -0.0800. The molecule has 1 aliphatic heterocycles. The van der Waals surface area contributed by atoms with Gasteiger partial charge in [0.2, 0.25) is 0 Å². The average molecular weight is 210 g/mol. The molecule has 2 rings (SSSR count). The smallest absolute Gasteiger partial charge is 0.0107 e. The van der Waals surface area contributed by atoms with Crippen LogP contribution in [0.1, 0.15) is 40.0 Å². The molecule has 1 saturated heterocycles. The second-order valence-corrected chi connectivity index (χ2v) is 5.94. The summed E-state index contributed by atoms with van der Waals surface area (Å²) < 4.78 is 0. The monoisotopic (exact) mass is 210 g/mol. The third-order valence-corrected chi connectivity index (χ3v) is 4.45. The topological polar surface area (TPSA) is 15.3 Å². The quantitative estimate of drug-likeness (QED) is 0.767. The van der Waals surface area contributed by atoms with E-state index in [4.69, 9.17) is 0 Å². The van der Waals surface area contributed by atoms with Crippen LogP contribution in [0, 0.1) is 11.3 Å². The van der Waals surface area contributed by atoms with E-state index < -0.39 is 0 Å². The van der Waals surface area contributed by atoms with Crippen molar-refractivity contribution in [1.82, 2.24) is 10.2 Å². The highest BCUT2D eigenvalue weighted by Crippen LogP contribution is 2.52. The van der Waals surface area contributed by atoms with E-state index in [1.807, 2.05) is 0 Å². The van der Waals surface area contributed by atoms with Gasteiger partial charge < -0.3 is 10.2 Å². The average Bonchev–Trinajstić information content (AvgIpc) is 2.95. The van der Waals surface area contributed by atoms with E-state index in [1.54, 1.807) is 0 Å². The highest BCUT2D eigenvalue weighted by molar-refractivity contribution is 4.98. The maximum Gasteiger partial charge on any atom is 0.0107 e. The van der Waals surface area contributed by atoms with Gasteiger partial charge in [0.15, 0.2) is 0 Å². The van der Waals surface area contributed by atoms with Crippen molar-refractivity contribution in [3.8, 4) is 0 Å². The lowest BCUT2D eigenvalue weighted by Crippen LogP contribution is -2.35. The summed E-state index contributed by atoms with van der Waals surface area (Å²) in [5.74, 6) is 0.867. The maximum atomic E-state index is 3.57. The predicted molar refractivity (Wildman–Crippen MR) is 65.0 cm³/mol. The number of hydrogen-bond acceptors (Lipinski definition) is 2. The Morgan fingerprint density at radius 3 is 2.67 bits per heavy atom. The molecule has 0 bridgehead atoms. The Labute approximate surface area is 94.4 Å². The lowest BCUT2D eigenvalue weighted by atomic mass is 9.92. The van der Waals surface area contributed by atoms with Crippen molar-refractivity contribution in [2.75, 3.05) is 26.2 Å². The summed E-state index contributed by atoms with van der Waals surface area (Å²) in [4.78, 5) is 2.68. The van der Waals surface area contributed by atoms with E-state index >= 15 is 0 Å². The summed E-state index contributed by atoms with van der Waals surface area (Å²) in [6, 6.07) is 0.712. The van der Waals surface area contributed by atoms with Crippen LogP contribution in [-0.2, 0) is 0 Å². The molecule has 0 aromatic rings. The minimum Gasteiger partial charge on any atom is -0.313 e. The summed E-state index contributed by atoms with van der Waals surface area (Å²) in [5, 5.41) is 3.57. The van der Waals surface area contributed by atoms with Crippen molar-refractivity contribution in [3.05, 3.63) is 0 Å². The zero-order chi connectivity index (χ0) is 10.9. The zero-order valence-electron chi connectivity index (χ0n) is 10.6. The van der Waals surface area contributed by atoms with Gasteiger partial charge in [0.1, 0.15) is 0 Å². The number of nitrogens with zero attached hydrogens (tertiary/aromatic N) is 1. The summed E-state index contributed by atoms with van der Waals surface area (Å²) in [5.41, 5.74) is 0.688. The van der Waals surface area contributed by atoms with Crippen LogP contribution in [0.3, 0.4) is 0 Å². The Balaban J connectivity index is 1.84. The zero-order valence-corrected chi connectivity index (χ0v) is 10.6. The first-order valence-electron chi connectivity index (χ1n) is 6.58. The van der Waals surface area contributed by atoms with Gasteiger partial charge in [-0.15, -0.1) is 0 Å². The Morgan fingerprint density at radius 2 is 2.07 bits per heavy atom. The van der Waals surface area contributed by atoms with Crippen LogP contribution in [0.25, 0.3) is 0 Å². The van der Waals surface area contributed by atoms with Gasteiger partial charge in [0, 0.05) is 25.7 Å². The Bertz CT molecular complexity index is 209. The first-order valence-corrected chi connectivity index (χ1v) is 6.58. The molecule has 15 heavy (non-hydrogen) atoms. The normalized spacial score (nSPS) is 31.6. The van der Waals surface area contributed by atoms with Gasteiger partial charge in [-0.3, -0.25) is 0 Å². The van der Waals surface area contributed by atoms with Crippen LogP contribution in [0.4, 0.5) is 0 Å². The molecule has 1 aliphatic carbocycles. The predicted octanol–water partition coefficient (Wildman–Crippen LogP) is 2.11. The lowest BCUT2D eigenvalue weighted by Gasteiger charge is -2.28. The fraction of sp³-hybridized carbons (Fsp3) is 1.00. The summed E-state index contributed by atoms with van der Waals surface area (Å²) in [7, 11) is 0. The van der Waals surface area contributed by atoms with E-state index in [9.17, 15) is 0 Å². The van der Waals surface area contributed by atoms with E-state index in [0.717, 1.165) is 5.92 Å². The summed E-state index contributed by atoms with van der Waals surface area (Å²) in [6.07, 6.45) is 4.24. The van der Waals surface area contributed by atoms with Crippen LogP contribution in [0.2, 0.25) is 0 Å². The Kier molecular flexibility index (Phi) is 3.36. The molecule has 1 atom stereocenters. The minimum atomic E-state index is 0.688. The second-order valence-electron chi connectivity index (χ2n) is 5.94. The summed E-state index contributed by atoms with van der Waals surface area (Å²) in [6.45, 7) is 12.2. The first-order chi connectivity index (χ1) is 7.12. The van der Waals surface area contributed by atoms with Gasteiger partial charge in [0.25, 0.3) is 0 Å². The molecule has 1 unspecified atom stereocenters. The molecular weight excluding hydrogens is 184 g/mol. The molecular formula is C13H26N2. The van der Waals surface area contributed by atoms with Crippen molar-refractivity contribution in [2.24, 2.45) is 11.3 Å². The number of hydrogen-bond donors (Lipinski definition) is 1. The fourth-order valence-corrected chi connectivity index (χ4v) is 2.74. The third kappa shape index (κ3) is 2.73. The molecule has 88 valence electrons. The number of rotatable bonds is 3. The highest BCUT2D eigenvalue weighted by Gasteiger charge is 2.46. The van der Waals surface area contributed by atoms with Crippen molar-refractivity contribution in [2.45, 2.75) is 46.1 Å². The third-order valence-electron chi connectivity index (χ3n) is 4.45. The van der Waals surface area contributed by atoms with Crippen LogP contribution in [0.5, 0.6) is 0 Å². The van der Waals surface area contributed by atoms with Gasteiger partial charge in [-0.2, -0.15) is 0 Å². The largest absolute Gasteiger partial charge is 0.313 e. The molecule has 0 spiro atoms. The van der Waals surface area contributed by atoms with Gasteiger partial charge in [-0.1, -0.05) is 13.8 Å². The molecule has 1 heterocycles. The number of nitrogens with one attached hydrogen (secondary N) is 1. The minimum absolute atomic E-state index is 0.688. The molecule has 1 N–H and O–H groups in total. The Morgan fingerprint density at radius 1 is 1.33 bits per heavy atom. The summed E-state index contributed by atoms with van der Waals surface area (Å²) >= 11 is 0. The van der Waals surface area contributed by atoms with E-state index in [1.165, 1.54) is 45.4 Å². The maximum absolute atomic E-state index is 3.57. The first kappa shape index (κ1) is 11.4. The van der Waals surface area contributed by atoms with Gasteiger partial charge in [-0.25, -0.2) is 0 Å². The lowest BCUT2D eigenvalue weighted by molar-refractivity contribution is 0.194. The molecule has 2 heteroatoms. The van der Waals surface area contributed by atoms with Crippen molar-refractivity contribution >= 4 is 0 Å². The molecule has 2 nitrogen and oxygen atoms in total. The molecule has 0 aromatic heterocycles.